The summed E-state index contributed by atoms with van der Waals surface area (Å²) in [7, 11) is 0. The van der Waals surface area contributed by atoms with E-state index in [1.54, 1.807) is 0 Å². The van der Waals surface area contributed by atoms with Gasteiger partial charge in [-0.3, -0.25) is 0 Å². The van der Waals surface area contributed by atoms with Crippen molar-refractivity contribution in [2.24, 2.45) is 0 Å². The quantitative estimate of drug-likeness (QED) is 0.903. The lowest BCUT2D eigenvalue weighted by Gasteiger charge is -2.18. The van der Waals surface area contributed by atoms with E-state index in [4.69, 9.17) is 0 Å². The minimum atomic E-state index is -0.378. The SMILES string of the molecule is CCN1CCCC(NCc2cc(F)ccc2F)CC1. The normalized spacial score (nSPS) is 21.3. The Balaban J connectivity index is 1.86. The summed E-state index contributed by atoms with van der Waals surface area (Å²) >= 11 is 0. The van der Waals surface area contributed by atoms with Gasteiger partial charge in [0.2, 0.25) is 0 Å². The van der Waals surface area contributed by atoms with Gasteiger partial charge in [0.25, 0.3) is 0 Å². The predicted molar refractivity (Wildman–Crippen MR) is 73.0 cm³/mol. The lowest BCUT2D eigenvalue weighted by molar-refractivity contribution is 0.297. The summed E-state index contributed by atoms with van der Waals surface area (Å²) < 4.78 is 26.6. The van der Waals surface area contributed by atoms with Gasteiger partial charge >= 0.3 is 0 Å². The van der Waals surface area contributed by atoms with E-state index in [0.717, 1.165) is 45.0 Å². The van der Waals surface area contributed by atoms with Crippen LogP contribution in [0.1, 0.15) is 31.7 Å². The fourth-order valence-corrected chi connectivity index (χ4v) is 2.61. The monoisotopic (exact) mass is 268 g/mol. The van der Waals surface area contributed by atoms with Crippen LogP contribution in [0.3, 0.4) is 0 Å². The first-order valence-corrected chi connectivity index (χ1v) is 7.08. The lowest BCUT2D eigenvalue weighted by atomic mass is 10.1. The van der Waals surface area contributed by atoms with Crippen LogP contribution in [0.15, 0.2) is 18.2 Å². The number of hydrogen-bond acceptors (Lipinski definition) is 2. The molecule has 1 aliphatic rings. The van der Waals surface area contributed by atoms with Crippen molar-refractivity contribution in [2.75, 3.05) is 19.6 Å². The Morgan fingerprint density at radius 3 is 2.89 bits per heavy atom. The van der Waals surface area contributed by atoms with Crippen LogP contribution in [-0.4, -0.2) is 30.6 Å². The van der Waals surface area contributed by atoms with Crippen molar-refractivity contribution in [3.63, 3.8) is 0 Å². The zero-order chi connectivity index (χ0) is 13.7. The van der Waals surface area contributed by atoms with Crippen molar-refractivity contribution in [3.8, 4) is 0 Å². The highest BCUT2D eigenvalue weighted by Gasteiger charge is 2.16. The summed E-state index contributed by atoms with van der Waals surface area (Å²) in [5.74, 6) is -0.714. The highest BCUT2D eigenvalue weighted by molar-refractivity contribution is 5.18. The number of halogens is 2. The van der Waals surface area contributed by atoms with Gasteiger partial charge in [-0.2, -0.15) is 0 Å². The fourth-order valence-electron chi connectivity index (χ4n) is 2.61. The molecule has 1 aromatic carbocycles. The molecule has 0 radical (unpaired) electrons. The van der Waals surface area contributed by atoms with Crippen molar-refractivity contribution in [1.82, 2.24) is 10.2 Å². The highest BCUT2D eigenvalue weighted by Crippen LogP contribution is 2.13. The molecule has 19 heavy (non-hydrogen) atoms. The summed E-state index contributed by atoms with van der Waals surface area (Å²) in [5, 5.41) is 3.36. The van der Waals surface area contributed by atoms with Crippen LogP contribution in [0, 0.1) is 11.6 Å². The topological polar surface area (TPSA) is 15.3 Å². The van der Waals surface area contributed by atoms with Crippen LogP contribution in [0.2, 0.25) is 0 Å². The molecule has 0 saturated carbocycles. The molecule has 0 aliphatic carbocycles. The van der Waals surface area contributed by atoms with E-state index < -0.39 is 0 Å². The van der Waals surface area contributed by atoms with Gasteiger partial charge in [0.15, 0.2) is 0 Å². The van der Waals surface area contributed by atoms with Gasteiger partial charge in [0.05, 0.1) is 0 Å². The Bertz CT molecular complexity index is 409. The zero-order valence-corrected chi connectivity index (χ0v) is 11.5. The molecule has 0 amide bonds. The molecule has 0 aromatic heterocycles. The Labute approximate surface area is 113 Å². The number of hydrogen-bond donors (Lipinski definition) is 1. The maximum Gasteiger partial charge on any atom is 0.127 e. The van der Waals surface area contributed by atoms with Crippen LogP contribution in [0.4, 0.5) is 8.78 Å². The van der Waals surface area contributed by atoms with E-state index in [1.807, 2.05) is 0 Å². The van der Waals surface area contributed by atoms with E-state index in [-0.39, 0.29) is 11.6 Å². The average molecular weight is 268 g/mol. The van der Waals surface area contributed by atoms with E-state index in [9.17, 15) is 8.78 Å². The van der Waals surface area contributed by atoms with Gasteiger partial charge in [0.1, 0.15) is 11.6 Å². The molecule has 0 spiro atoms. The van der Waals surface area contributed by atoms with Crippen LogP contribution in [0.5, 0.6) is 0 Å². The van der Waals surface area contributed by atoms with Crippen LogP contribution in [-0.2, 0) is 6.54 Å². The molecule has 1 atom stereocenters. The molecule has 1 aliphatic heterocycles. The second-order valence-corrected chi connectivity index (χ2v) is 5.18. The standard InChI is InChI=1S/C15H22F2N2/c1-2-19-8-3-4-14(7-9-19)18-11-12-10-13(16)5-6-15(12)17/h5-6,10,14,18H,2-4,7-9,11H2,1H3. The Morgan fingerprint density at radius 1 is 1.26 bits per heavy atom. The molecular formula is C15H22F2N2. The summed E-state index contributed by atoms with van der Waals surface area (Å²) in [4.78, 5) is 2.43. The molecular weight excluding hydrogens is 246 g/mol. The molecule has 1 saturated heterocycles. The van der Waals surface area contributed by atoms with Crippen molar-refractivity contribution in [2.45, 2.75) is 38.8 Å². The van der Waals surface area contributed by atoms with Gasteiger partial charge in [-0.25, -0.2) is 8.78 Å². The van der Waals surface area contributed by atoms with Crippen molar-refractivity contribution in [1.29, 1.82) is 0 Å². The predicted octanol–water partition coefficient (Wildman–Crippen LogP) is 2.93. The van der Waals surface area contributed by atoms with Gasteiger partial charge < -0.3 is 10.2 Å². The summed E-state index contributed by atoms with van der Waals surface area (Å²) in [6.07, 6.45) is 3.34. The summed E-state index contributed by atoms with van der Waals surface area (Å²) in [6, 6.07) is 4.03. The molecule has 2 nitrogen and oxygen atoms in total. The maximum atomic E-state index is 13.5. The number of rotatable bonds is 4. The summed E-state index contributed by atoms with van der Waals surface area (Å²) in [6.45, 7) is 5.89. The molecule has 1 heterocycles. The smallest absolute Gasteiger partial charge is 0.127 e. The summed E-state index contributed by atoms with van der Waals surface area (Å²) in [5.41, 5.74) is 0.414. The minimum Gasteiger partial charge on any atom is -0.310 e. The third-order valence-electron chi connectivity index (χ3n) is 3.86. The van der Waals surface area contributed by atoms with E-state index in [2.05, 4.69) is 17.1 Å². The van der Waals surface area contributed by atoms with Crippen LogP contribution >= 0.6 is 0 Å². The molecule has 106 valence electrons. The van der Waals surface area contributed by atoms with Crippen molar-refractivity contribution < 1.29 is 8.78 Å². The maximum absolute atomic E-state index is 13.5. The van der Waals surface area contributed by atoms with Gasteiger partial charge in [0, 0.05) is 18.2 Å². The van der Waals surface area contributed by atoms with E-state index >= 15 is 0 Å². The third kappa shape index (κ3) is 4.25. The molecule has 1 fully saturated rings. The lowest BCUT2D eigenvalue weighted by Crippen LogP contribution is -2.30. The largest absolute Gasteiger partial charge is 0.310 e. The van der Waals surface area contributed by atoms with Crippen LogP contribution in [0.25, 0.3) is 0 Å². The van der Waals surface area contributed by atoms with Crippen LogP contribution < -0.4 is 5.32 Å². The first kappa shape index (κ1) is 14.4. The van der Waals surface area contributed by atoms with Gasteiger partial charge in [-0.05, 0) is 57.1 Å². The number of likely N-dealkylation sites (tertiary alicyclic amines) is 1. The first-order valence-electron chi connectivity index (χ1n) is 7.08. The molecule has 4 heteroatoms. The third-order valence-corrected chi connectivity index (χ3v) is 3.86. The molecule has 1 N–H and O–H groups in total. The van der Waals surface area contributed by atoms with Crippen molar-refractivity contribution >= 4 is 0 Å². The molecule has 0 bridgehead atoms. The minimum absolute atomic E-state index is 0.335. The van der Waals surface area contributed by atoms with Crippen molar-refractivity contribution in [3.05, 3.63) is 35.4 Å². The van der Waals surface area contributed by atoms with E-state index in [0.29, 0.717) is 18.2 Å². The molecule has 2 rings (SSSR count). The van der Waals surface area contributed by atoms with E-state index in [1.165, 1.54) is 12.1 Å². The Kier molecular flexibility index (Phi) is 5.28. The molecule has 1 aromatic rings. The van der Waals surface area contributed by atoms with Gasteiger partial charge in [-0.1, -0.05) is 6.92 Å². The average Bonchev–Trinajstić information content (AvgIpc) is 2.65. The Hall–Kier alpha value is -1.00. The van der Waals surface area contributed by atoms with Gasteiger partial charge in [-0.15, -0.1) is 0 Å². The second kappa shape index (κ2) is 6.96. The fraction of sp³-hybridized carbons (Fsp3) is 0.600. The Morgan fingerprint density at radius 2 is 2.11 bits per heavy atom. The molecule has 1 unspecified atom stereocenters. The number of nitrogens with one attached hydrogen (secondary N) is 1. The first-order chi connectivity index (χ1) is 9.19. The number of nitrogens with zero attached hydrogens (tertiary/aromatic N) is 1. The number of benzene rings is 1. The zero-order valence-electron chi connectivity index (χ0n) is 11.5. The second-order valence-electron chi connectivity index (χ2n) is 5.18. The highest BCUT2D eigenvalue weighted by atomic mass is 19.1.